The highest BCUT2D eigenvalue weighted by Crippen LogP contribution is 2.69. The zero-order valence-corrected chi connectivity index (χ0v) is 20.4. The van der Waals surface area contributed by atoms with Crippen molar-refractivity contribution in [2.75, 3.05) is 47.0 Å². The van der Waals surface area contributed by atoms with Crippen molar-refractivity contribution in [3.05, 3.63) is 95.5 Å². The first kappa shape index (κ1) is 21.9. The van der Waals surface area contributed by atoms with Crippen molar-refractivity contribution in [3.63, 3.8) is 0 Å². The number of rotatable bonds is 5. The van der Waals surface area contributed by atoms with Gasteiger partial charge in [0.2, 0.25) is 0 Å². The van der Waals surface area contributed by atoms with Gasteiger partial charge in [-0.15, -0.1) is 0 Å². The minimum Gasteiger partial charge on any atom is -0.304 e. The first-order valence-corrected chi connectivity index (χ1v) is 14.2. The van der Waals surface area contributed by atoms with Gasteiger partial charge in [0.25, 0.3) is 7.44 Å². The van der Waals surface area contributed by atoms with Crippen molar-refractivity contribution >= 4 is 42.2 Å². The van der Waals surface area contributed by atoms with E-state index in [1.807, 2.05) is 60.3 Å². The van der Waals surface area contributed by atoms with Gasteiger partial charge in [-0.05, 0) is 42.0 Å². The van der Waals surface area contributed by atoms with Crippen molar-refractivity contribution in [1.82, 2.24) is 4.90 Å². The van der Waals surface area contributed by atoms with Gasteiger partial charge in [-0.25, -0.2) is 0 Å². The van der Waals surface area contributed by atoms with Gasteiger partial charge in [-0.2, -0.15) is 11.8 Å². The quantitative estimate of drug-likeness (QED) is 0.381. The molecule has 1 unspecified atom stereocenters. The zero-order chi connectivity index (χ0) is 22.0. The summed E-state index contributed by atoms with van der Waals surface area (Å²) in [5.41, 5.74) is 3.09. The number of para-hydroxylation sites is 2. The van der Waals surface area contributed by atoms with E-state index in [9.17, 15) is 0 Å². The lowest BCUT2D eigenvalue weighted by Crippen LogP contribution is -2.40. The molecule has 0 aromatic heterocycles. The van der Waals surface area contributed by atoms with Gasteiger partial charge in [0, 0.05) is 54.1 Å². The van der Waals surface area contributed by atoms with Crippen molar-refractivity contribution in [1.29, 1.82) is 0 Å². The summed E-state index contributed by atoms with van der Waals surface area (Å²) in [6.07, 6.45) is 0. The van der Waals surface area contributed by atoms with Crippen LogP contribution in [0.5, 0.6) is 0 Å². The number of nitrogens with zero attached hydrogens (tertiary/aromatic N) is 3. The Hall–Kier alpha value is -1.91. The smallest absolute Gasteiger partial charge is 0.284 e. The molecule has 166 valence electrons. The second kappa shape index (κ2) is 9.52. The van der Waals surface area contributed by atoms with Crippen LogP contribution in [0.4, 0.5) is 11.4 Å². The Morgan fingerprint density at radius 1 is 0.719 bits per heavy atom. The van der Waals surface area contributed by atoms with E-state index in [0.717, 1.165) is 54.6 Å². The van der Waals surface area contributed by atoms with E-state index >= 15 is 4.57 Å². The number of anilines is 2. The average molecular weight is 484 g/mol. The molecule has 1 atom stereocenters. The van der Waals surface area contributed by atoms with Crippen LogP contribution in [0.3, 0.4) is 0 Å². The fourth-order valence-electron chi connectivity index (χ4n) is 4.73. The van der Waals surface area contributed by atoms with Crippen molar-refractivity contribution in [3.8, 4) is 0 Å². The molecule has 0 N–H and O–H groups in total. The molecule has 5 rings (SSSR count). The van der Waals surface area contributed by atoms with Crippen LogP contribution in [-0.4, -0.2) is 42.6 Å². The van der Waals surface area contributed by atoms with Crippen molar-refractivity contribution in [2.24, 2.45) is 0 Å². The third-order valence-corrected chi connectivity index (χ3v) is 10.9. The molecule has 2 aliphatic rings. The minimum atomic E-state index is -3.11. The molecule has 2 fully saturated rings. The minimum absolute atomic E-state index is 0.233. The topological polar surface area (TPSA) is 26.8 Å². The molecule has 2 heterocycles. The van der Waals surface area contributed by atoms with E-state index in [1.165, 1.54) is 0 Å². The molecule has 2 saturated heterocycles. The molecule has 2 aliphatic heterocycles. The first-order valence-electron chi connectivity index (χ1n) is 11.0. The maximum atomic E-state index is 15.5. The average Bonchev–Trinajstić information content (AvgIpc) is 3.19. The van der Waals surface area contributed by atoms with Crippen LogP contribution in [0.2, 0.25) is 5.02 Å². The van der Waals surface area contributed by atoms with Crippen LogP contribution < -0.4 is 9.34 Å². The number of benzene rings is 3. The highest BCUT2D eigenvalue weighted by molar-refractivity contribution is 7.99. The van der Waals surface area contributed by atoms with Gasteiger partial charge in [0.05, 0.1) is 0 Å². The molecular formula is C25H27ClN3OPS. The molecule has 3 aromatic rings. The molecule has 32 heavy (non-hydrogen) atoms. The maximum absolute atomic E-state index is 15.5. The summed E-state index contributed by atoms with van der Waals surface area (Å²) >= 11 is 8.21. The van der Waals surface area contributed by atoms with Gasteiger partial charge in [0.15, 0.2) is 0 Å². The van der Waals surface area contributed by atoms with Gasteiger partial charge < -0.3 is 9.34 Å². The van der Waals surface area contributed by atoms with Crippen LogP contribution in [0.15, 0.2) is 84.9 Å². The molecular weight excluding hydrogens is 457 g/mol. The van der Waals surface area contributed by atoms with Gasteiger partial charge in [0.1, 0.15) is 5.78 Å². The lowest BCUT2D eigenvalue weighted by Gasteiger charge is -2.44. The summed E-state index contributed by atoms with van der Waals surface area (Å²) in [5.74, 6) is 1.88. The fraction of sp³-hybridized carbons (Fsp3) is 0.280. The zero-order valence-electron chi connectivity index (χ0n) is 17.9. The summed E-state index contributed by atoms with van der Waals surface area (Å²) < 4.78 is 19.9. The normalized spacial score (nSPS) is 19.8. The van der Waals surface area contributed by atoms with E-state index in [1.54, 1.807) is 0 Å². The van der Waals surface area contributed by atoms with Crippen LogP contribution in [0.1, 0.15) is 11.3 Å². The Balaban J connectivity index is 1.68. The number of halogens is 1. The first-order chi connectivity index (χ1) is 15.7. The summed E-state index contributed by atoms with van der Waals surface area (Å²) in [4.78, 5) is 2.43. The summed E-state index contributed by atoms with van der Waals surface area (Å²) in [5, 5.41) is 0.700. The van der Waals surface area contributed by atoms with Crippen LogP contribution in [0, 0.1) is 0 Å². The molecule has 0 aliphatic carbocycles. The third-order valence-electron chi connectivity index (χ3n) is 6.20. The summed E-state index contributed by atoms with van der Waals surface area (Å²) in [6.45, 7) is 3.30. The number of hydrogen-bond acceptors (Lipinski definition) is 3. The predicted molar refractivity (Wildman–Crippen MR) is 138 cm³/mol. The monoisotopic (exact) mass is 483 g/mol. The van der Waals surface area contributed by atoms with Crippen molar-refractivity contribution in [2.45, 2.75) is 5.78 Å². The van der Waals surface area contributed by atoms with Gasteiger partial charge in [-0.1, -0.05) is 60.1 Å². The molecule has 0 radical (unpaired) electrons. The largest absolute Gasteiger partial charge is 0.304 e. The van der Waals surface area contributed by atoms with Crippen molar-refractivity contribution < 1.29 is 4.57 Å². The van der Waals surface area contributed by atoms with E-state index in [4.69, 9.17) is 11.6 Å². The summed E-state index contributed by atoms with van der Waals surface area (Å²) in [7, 11) is -3.11. The van der Waals surface area contributed by atoms with Gasteiger partial charge in [-0.3, -0.25) is 9.46 Å². The number of thioether (sulfide) groups is 1. The fourth-order valence-corrected chi connectivity index (χ4v) is 9.48. The highest BCUT2D eigenvalue weighted by atomic mass is 35.5. The Kier molecular flexibility index (Phi) is 6.52. The molecule has 0 amide bonds. The second-order valence-electron chi connectivity index (χ2n) is 8.08. The molecule has 7 heteroatoms. The lowest BCUT2D eigenvalue weighted by atomic mass is 10.2. The SMILES string of the molecule is O=P1(C(c2ccc(Cl)cc2)N2CCSCC2)N(c2ccccc2)CCN1c1ccccc1. The Bertz CT molecular complexity index is 1030. The van der Waals surface area contributed by atoms with E-state index in [0.29, 0.717) is 5.02 Å². The number of hydrogen-bond donors (Lipinski definition) is 0. The molecule has 4 nitrogen and oxygen atoms in total. The standard InChI is InChI=1S/C25H27ClN3OPS/c26-22-13-11-21(12-14-22)25(27-17-19-32-20-18-27)31(30)28(23-7-3-1-4-8-23)15-16-29(31)24-9-5-2-6-10-24/h1-14,25H,15-20H2. The molecule has 0 bridgehead atoms. The third kappa shape index (κ3) is 4.08. The van der Waals surface area contributed by atoms with Gasteiger partial charge >= 0.3 is 0 Å². The highest BCUT2D eigenvalue weighted by Gasteiger charge is 2.52. The molecule has 0 saturated carbocycles. The predicted octanol–water partition coefficient (Wildman–Crippen LogP) is 6.61. The molecule has 3 aromatic carbocycles. The van der Waals surface area contributed by atoms with Crippen LogP contribution in [-0.2, 0) is 4.57 Å². The molecule has 0 spiro atoms. The Morgan fingerprint density at radius 3 is 1.72 bits per heavy atom. The van der Waals surface area contributed by atoms with E-state index < -0.39 is 7.44 Å². The van der Waals surface area contributed by atoms with Crippen LogP contribution in [0.25, 0.3) is 0 Å². The Morgan fingerprint density at radius 2 is 1.22 bits per heavy atom. The lowest BCUT2D eigenvalue weighted by molar-refractivity contribution is 0.273. The maximum Gasteiger partial charge on any atom is 0.284 e. The second-order valence-corrected chi connectivity index (χ2v) is 12.4. The summed E-state index contributed by atoms with van der Waals surface area (Å²) in [6, 6.07) is 28.4. The van der Waals surface area contributed by atoms with Crippen LogP contribution >= 0.6 is 30.8 Å². The van der Waals surface area contributed by atoms with E-state index in [-0.39, 0.29) is 5.78 Å². The van der Waals surface area contributed by atoms with E-state index in [2.05, 4.69) is 50.6 Å². The Labute approximate surface area is 199 Å².